The van der Waals surface area contributed by atoms with E-state index in [0.717, 1.165) is 48.9 Å². The molecule has 0 unspecified atom stereocenters. The first kappa shape index (κ1) is 13.4. The average molecular weight is 325 g/mol. The molecule has 3 nitrogen and oxygen atoms in total. The second-order valence-corrected chi connectivity index (χ2v) is 6.46. The number of halogens is 1. The molecule has 0 saturated heterocycles. The van der Waals surface area contributed by atoms with Crippen molar-refractivity contribution in [3.05, 3.63) is 27.7 Å². The minimum atomic E-state index is 0.823. The summed E-state index contributed by atoms with van der Waals surface area (Å²) in [4.78, 5) is 2.45. The van der Waals surface area contributed by atoms with Gasteiger partial charge in [0.05, 0.1) is 6.61 Å². The molecule has 0 bridgehead atoms. The van der Waals surface area contributed by atoms with Crippen LogP contribution in [0.25, 0.3) is 0 Å². The topological polar surface area (TPSA) is 24.5 Å². The molecule has 0 atom stereocenters. The number of fused-ring (bicyclic) bond motifs is 1. The average Bonchev–Trinajstić information content (AvgIpc) is 3.13. The molecule has 0 amide bonds. The second kappa shape index (κ2) is 5.81. The molecule has 0 spiro atoms. The van der Waals surface area contributed by atoms with Crippen LogP contribution in [0.2, 0.25) is 0 Å². The van der Waals surface area contributed by atoms with Gasteiger partial charge in [-0.15, -0.1) is 0 Å². The van der Waals surface area contributed by atoms with E-state index in [0.29, 0.717) is 0 Å². The molecule has 1 saturated carbocycles. The van der Waals surface area contributed by atoms with Crippen molar-refractivity contribution in [1.82, 2.24) is 10.2 Å². The molecule has 19 heavy (non-hydrogen) atoms. The SMILES string of the molecule is CN(CCNCc1cc(Br)cc2c1OCC2)C1CC1. The maximum absolute atomic E-state index is 5.74. The monoisotopic (exact) mass is 324 g/mol. The summed E-state index contributed by atoms with van der Waals surface area (Å²) in [5.41, 5.74) is 2.61. The molecular formula is C15H21BrN2O. The molecule has 1 fully saturated rings. The van der Waals surface area contributed by atoms with Crippen LogP contribution >= 0.6 is 15.9 Å². The molecule has 1 aliphatic heterocycles. The maximum atomic E-state index is 5.74. The number of ether oxygens (including phenoxy) is 1. The van der Waals surface area contributed by atoms with Crippen molar-refractivity contribution >= 4 is 15.9 Å². The molecular weight excluding hydrogens is 304 g/mol. The highest BCUT2D eigenvalue weighted by Gasteiger charge is 2.25. The Morgan fingerprint density at radius 3 is 3.05 bits per heavy atom. The summed E-state index contributed by atoms with van der Waals surface area (Å²) in [6.07, 6.45) is 3.79. The third-order valence-electron chi connectivity index (χ3n) is 3.95. The van der Waals surface area contributed by atoms with Gasteiger partial charge >= 0.3 is 0 Å². The molecule has 4 heteroatoms. The minimum absolute atomic E-state index is 0.823. The first-order valence-corrected chi connectivity index (χ1v) is 7.88. The van der Waals surface area contributed by atoms with Gasteiger partial charge in [-0.2, -0.15) is 0 Å². The predicted molar refractivity (Wildman–Crippen MR) is 80.7 cm³/mol. The Bertz CT molecular complexity index is 460. The van der Waals surface area contributed by atoms with Gasteiger partial charge < -0.3 is 15.0 Å². The number of nitrogens with zero attached hydrogens (tertiary/aromatic N) is 1. The van der Waals surface area contributed by atoms with E-state index < -0.39 is 0 Å². The number of likely N-dealkylation sites (N-methyl/N-ethyl adjacent to an activating group) is 1. The number of benzene rings is 1. The standard InChI is InChI=1S/C15H21BrN2O/c1-18(14-2-3-14)6-5-17-10-12-9-13(16)8-11-4-7-19-15(11)12/h8-9,14,17H,2-7,10H2,1H3. The number of nitrogens with one attached hydrogen (secondary N) is 1. The van der Waals surface area contributed by atoms with Crippen molar-refractivity contribution in [1.29, 1.82) is 0 Å². The van der Waals surface area contributed by atoms with E-state index in [1.165, 1.54) is 24.0 Å². The van der Waals surface area contributed by atoms with Crippen LogP contribution in [0.3, 0.4) is 0 Å². The van der Waals surface area contributed by atoms with Crippen molar-refractivity contribution in [2.45, 2.75) is 31.8 Å². The Morgan fingerprint density at radius 1 is 1.42 bits per heavy atom. The van der Waals surface area contributed by atoms with Crippen molar-refractivity contribution in [3.8, 4) is 5.75 Å². The highest BCUT2D eigenvalue weighted by atomic mass is 79.9. The van der Waals surface area contributed by atoms with Gasteiger partial charge in [0.15, 0.2) is 0 Å². The van der Waals surface area contributed by atoms with Crippen LogP contribution in [-0.4, -0.2) is 37.7 Å². The minimum Gasteiger partial charge on any atom is -0.493 e. The van der Waals surface area contributed by atoms with E-state index in [9.17, 15) is 0 Å². The van der Waals surface area contributed by atoms with Crippen LogP contribution in [0.5, 0.6) is 5.75 Å². The molecule has 2 aliphatic rings. The zero-order valence-corrected chi connectivity index (χ0v) is 13.0. The highest BCUT2D eigenvalue weighted by Crippen LogP contribution is 2.32. The second-order valence-electron chi connectivity index (χ2n) is 5.54. The van der Waals surface area contributed by atoms with E-state index in [2.05, 4.69) is 45.3 Å². The van der Waals surface area contributed by atoms with Crippen LogP contribution in [0.15, 0.2) is 16.6 Å². The van der Waals surface area contributed by atoms with Crippen molar-refractivity contribution < 1.29 is 4.74 Å². The molecule has 0 radical (unpaired) electrons. The lowest BCUT2D eigenvalue weighted by Crippen LogP contribution is -2.30. The van der Waals surface area contributed by atoms with Gasteiger partial charge in [-0.25, -0.2) is 0 Å². The summed E-state index contributed by atoms with van der Waals surface area (Å²) in [5, 5.41) is 3.53. The molecule has 0 aromatic heterocycles. The summed E-state index contributed by atoms with van der Waals surface area (Å²) in [5.74, 6) is 1.10. The van der Waals surface area contributed by atoms with Crippen molar-refractivity contribution in [2.24, 2.45) is 0 Å². The van der Waals surface area contributed by atoms with Gasteiger partial charge in [-0.05, 0) is 37.6 Å². The first-order valence-electron chi connectivity index (χ1n) is 7.09. The normalized spacial score (nSPS) is 17.6. The lowest BCUT2D eigenvalue weighted by atomic mass is 10.1. The van der Waals surface area contributed by atoms with E-state index in [1.54, 1.807) is 0 Å². The molecule has 1 aliphatic carbocycles. The Kier molecular flexibility index (Phi) is 4.10. The zero-order valence-electron chi connectivity index (χ0n) is 11.4. The summed E-state index contributed by atoms with van der Waals surface area (Å²) in [6.45, 7) is 3.87. The Hall–Kier alpha value is -0.580. The van der Waals surface area contributed by atoms with E-state index in [4.69, 9.17) is 4.74 Å². The molecule has 104 valence electrons. The fraction of sp³-hybridized carbons (Fsp3) is 0.600. The molecule has 3 rings (SSSR count). The first-order chi connectivity index (χ1) is 9.24. The lowest BCUT2D eigenvalue weighted by molar-refractivity contribution is 0.320. The summed E-state index contributed by atoms with van der Waals surface area (Å²) in [7, 11) is 2.22. The Morgan fingerprint density at radius 2 is 2.26 bits per heavy atom. The number of hydrogen-bond donors (Lipinski definition) is 1. The van der Waals surface area contributed by atoms with Crippen LogP contribution in [-0.2, 0) is 13.0 Å². The molecule has 1 heterocycles. The largest absolute Gasteiger partial charge is 0.493 e. The van der Waals surface area contributed by atoms with Crippen molar-refractivity contribution in [3.63, 3.8) is 0 Å². The third kappa shape index (κ3) is 3.30. The van der Waals surface area contributed by atoms with Crippen molar-refractivity contribution in [2.75, 3.05) is 26.7 Å². The fourth-order valence-corrected chi connectivity index (χ4v) is 3.21. The van der Waals surface area contributed by atoms with Gasteiger partial charge in [0.1, 0.15) is 5.75 Å². The maximum Gasteiger partial charge on any atom is 0.127 e. The van der Waals surface area contributed by atoms with Crippen LogP contribution in [0.4, 0.5) is 0 Å². The number of rotatable bonds is 6. The van der Waals surface area contributed by atoms with E-state index in [-0.39, 0.29) is 0 Å². The molecule has 1 N–H and O–H groups in total. The van der Waals surface area contributed by atoms with Gasteiger partial charge in [0, 0.05) is 42.1 Å². The lowest BCUT2D eigenvalue weighted by Gasteiger charge is -2.16. The smallest absolute Gasteiger partial charge is 0.127 e. The quantitative estimate of drug-likeness (QED) is 0.814. The Labute approximate surface area is 123 Å². The van der Waals surface area contributed by atoms with Crippen LogP contribution in [0, 0.1) is 0 Å². The van der Waals surface area contributed by atoms with Crippen LogP contribution < -0.4 is 10.1 Å². The fourth-order valence-electron chi connectivity index (χ4n) is 2.65. The predicted octanol–water partition coefficient (Wildman–Crippen LogP) is 2.57. The van der Waals surface area contributed by atoms with E-state index in [1.807, 2.05) is 0 Å². The van der Waals surface area contributed by atoms with Gasteiger partial charge in [-0.3, -0.25) is 0 Å². The third-order valence-corrected chi connectivity index (χ3v) is 4.41. The Balaban J connectivity index is 1.52. The summed E-state index contributed by atoms with van der Waals surface area (Å²) >= 11 is 3.58. The summed E-state index contributed by atoms with van der Waals surface area (Å²) < 4.78 is 6.90. The highest BCUT2D eigenvalue weighted by molar-refractivity contribution is 9.10. The molecule has 1 aromatic rings. The van der Waals surface area contributed by atoms with Gasteiger partial charge in [0.25, 0.3) is 0 Å². The van der Waals surface area contributed by atoms with Gasteiger partial charge in [0.2, 0.25) is 0 Å². The van der Waals surface area contributed by atoms with Gasteiger partial charge in [-0.1, -0.05) is 15.9 Å². The zero-order chi connectivity index (χ0) is 13.2. The van der Waals surface area contributed by atoms with E-state index >= 15 is 0 Å². The number of hydrogen-bond acceptors (Lipinski definition) is 3. The summed E-state index contributed by atoms with van der Waals surface area (Å²) in [6, 6.07) is 5.19. The van der Waals surface area contributed by atoms with Crippen LogP contribution in [0.1, 0.15) is 24.0 Å². The molecule has 1 aromatic carbocycles.